The smallest absolute Gasteiger partial charge is 0.333 e. The van der Waals surface area contributed by atoms with Crippen LogP contribution in [-0.4, -0.2) is 22.8 Å². The van der Waals surface area contributed by atoms with E-state index in [4.69, 9.17) is 4.74 Å². The van der Waals surface area contributed by atoms with Crippen LogP contribution in [0.3, 0.4) is 0 Å². The number of rotatable bonds is 8. The summed E-state index contributed by atoms with van der Waals surface area (Å²) in [6.07, 6.45) is 10.5. The second-order valence-electron chi connectivity index (χ2n) is 6.19. The van der Waals surface area contributed by atoms with Gasteiger partial charge in [-0.25, -0.2) is 4.79 Å². The summed E-state index contributed by atoms with van der Waals surface area (Å²) in [7, 11) is 0. The van der Waals surface area contributed by atoms with E-state index in [-0.39, 0.29) is 5.97 Å². The fraction of sp³-hybridized carbons (Fsp3) is 0.450. The minimum atomic E-state index is -1.08. The predicted octanol–water partition coefficient (Wildman–Crippen LogP) is 4.66. The lowest BCUT2D eigenvalue weighted by Gasteiger charge is -2.24. The SMILES string of the molecule is C=C/C(C)=C\C=C\[C@@](C)(O)C[C@@H](C=C(C)C)OC(=O)/C(C)=C\C. The number of hydrogen-bond donors (Lipinski definition) is 1. The zero-order valence-corrected chi connectivity index (χ0v) is 15.2. The van der Waals surface area contributed by atoms with Crippen LogP contribution in [0.15, 0.2) is 59.8 Å². The number of hydrogen-bond acceptors (Lipinski definition) is 3. The summed E-state index contributed by atoms with van der Waals surface area (Å²) in [4.78, 5) is 12.0. The number of carbonyl (C=O) groups excluding carboxylic acids is 1. The molecule has 128 valence electrons. The Morgan fingerprint density at radius 3 is 2.39 bits per heavy atom. The Morgan fingerprint density at radius 1 is 1.30 bits per heavy atom. The fourth-order valence-corrected chi connectivity index (χ4v) is 1.81. The zero-order valence-electron chi connectivity index (χ0n) is 15.2. The summed E-state index contributed by atoms with van der Waals surface area (Å²) >= 11 is 0. The molecule has 0 saturated carbocycles. The Bertz CT molecular complexity index is 527. The van der Waals surface area contributed by atoms with E-state index < -0.39 is 11.7 Å². The highest BCUT2D eigenvalue weighted by Crippen LogP contribution is 2.19. The Kier molecular flexibility index (Phi) is 9.19. The van der Waals surface area contributed by atoms with Gasteiger partial charge < -0.3 is 9.84 Å². The van der Waals surface area contributed by atoms with Crippen molar-refractivity contribution in [3.05, 3.63) is 59.8 Å². The first kappa shape index (κ1) is 21.1. The molecule has 0 aromatic rings. The summed E-state index contributed by atoms with van der Waals surface area (Å²) in [5.74, 6) is -0.364. The molecular formula is C20H30O3. The highest BCUT2D eigenvalue weighted by molar-refractivity contribution is 5.87. The van der Waals surface area contributed by atoms with Crippen molar-refractivity contribution in [3.8, 4) is 0 Å². The van der Waals surface area contributed by atoms with Crippen molar-refractivity contribution in [1.82, 2.24) is 0 Å². The maximum absolute atomic E-state index is 12.0. The molecule has 0 heterocycles. The normalized spacial score (nSPS) is 16.7. The van der Waals surface area contributed by atoms with E-state index in [1.807, 2.05) is 32.9 Å². The molecule has 0 aliphatic rings. The van der Waals surface area contributed by atoms with Crippen LogP contribution in [0.5, 0.6) is 0 Å². The molecule has 0 aromatic carbocycles. The average Bonchev–Trinajstić information content (AvgIpc) is 2.44. The summed E-state index contributed by atoms with van der Waals surface area (Å²) in [5.41, 5.74) is 1.51. The van der Waals surface area contributed by atoms with Crippen LogP contribution >= 0.6 is 0 Å². The molecule has 3 nitrogen and oxygen atoms in total. The van der Waals surface area contributed by atoms with Gasteiger partial charge in [0.2, 0.25) is 0 Å². The second-order valence-corrected chi connectivity index (χ2v) is 6.19. The van der Waals surface area contributed by atoms with Crippen LogP contribution in [-0.2, 0) is 9.53 Å². The van der Waals surface area contributed by atoms with Gasteiger partial charge in [-0.05, 0) is 47.6 Å². The van der Waals surface area contributed by atoms with Gasteiger partial charge in [-0.1, -0.05) is 48.1 Å². The van der Waals surface area contributed by atoms with Crippen molar-refractivity contribution in [1.29, 1.82) is 0 Å². The third kappa shape index (κ3) is 9.69. The number of ether oxygens (including phenoxy) is 1. The van der Waals surface area contributed by atoms with Crippen LogP contribution in [0.1, 0.15) is 48.0 Å². The molecule has 0 unspecified atom stereocenters. The van der Waals surface area contributed by atoms with Gasteiger partial charge in [-0.2, -0.15) is 0 Å². The molecule has 0 aliphatic heterocycles. The van der Waals surface area contributed by atoms with Crippen LogP contribution in [0.4, 0.5) is 0 Å². The van der Waals surface area contributed by atoms with E-state index in [0.29, 0.717) is 12.0 Å². The van der Waals surface area contributed by atoms with Crippen molar-refractivity contribution in [3.63, 3.8) is 0 Å². The third-order valence-corrected chi connectivity index (χ3v) is 3.28. The van der Waals surface area contributed by atoms with Gasteiger partial charge in [0.1, 0.15) is 6.10 Å². The Morgan fingerprint density at radius 2 is 1.91 bits per heavy atom. The predicted molar refractivity (Wildman–Crippen MR) is 97.1 cm³/mol. The lowest BCUT2D eigenvalue weighted by molar-refractivity contribution is -0.143. The third-order valence-electron chi connectivity index (χ3n) is 3.28. The molecule has 1 N–H and O–H groups in total. The summed E-state index contributed by atoms with van der Waals surface area (Å²) in [5, 5.41) is 10.5. The molecule has 23 heavy (non-hydrogen) atoms. The van der Waals surface area contributed by atoms with E-state index >= 15 is 0 Å². The lowest BCUT2D eigenvalue weighted by atomic mass is 9.96. The molecule has 3 heteroatoms. The molecule has 0 aliphatic carbocycles. The number of carbonyl (C=O) groups is 1. The van der Waals surface area contributed by atoms with E-state index in [1.165, 1.54) is 0 Å². The summed E-state index contributed by atoms with van der Waals surface area (Å²) in [6, 6.07) is 0. The van der Waals surface area contributed by atoms with Crippen LogP contribution < -0.4 is 0 Å². The van der Waals surface area contributed by atoms with Crippen LogP contribution in [0, 0.1) is 0 Å². The summed E-state index contributed by atoms with van der Waals surface area (Å²) in [6.45, 7) is 14.7. The Hall–Kier alpha value is -1.87. The zero-order chi connectivity index (χ0) is 18.0. The molecule has 0 rings (SSSR count). The first-order chi connectivity index (χ1) is 10.6. The molecule has 2 atom stereocenters. The number of aliphatic hydroxyl groups is 1. The minimum absolute atomic E-state index is 0.290. The van der Waals surface area contributed by atoms with E-state index in [0.717, 1.165) is 11.1 Å². The summed E-state index contributed by atoms with van der Waals surface area (Å²) < 4.78 is 5.49. The first-order valence-electron chi connectivity index (χ1n) is 7.81. The van der Waals surface area contributed by atoms with Gasteiger partial charge >= 0.3 is 5.97 Å². The van der Waals surface area contributed by atoms with Gasteiger partial charge in [0.15, 0.2) is 0 Å². The van der Waals surface area contributed by atoms with E-state index in [9.17, 15) is 9.90 Å². The molecule has 0 spiro atoms. The molecule has 0 aromatic heterocycles. The van der Waals surface area contributed by atoms with Crippen molar-refractivity contribution in [2.75, 3.05) is 0 Å². The quantitative estimate of drug-likeness (QED) is 0.306. The lowest BCUT2D eigenvalue weighted by Crippen LogP contribution is -2.30. The maximum atomic E-state index is 12.0. The Labute approximate surface area is 140 Å². The van der Waals surface area contributed by atoms with Crippen molar-refractivity contribution in [2.24, 2.45) is 0 Å². The molecule has 0 saturated heterocycles. The van der Waals surface area contributed by atoms with Crippen molar-refractivity contribution >= 4 is 5.97 Å². The van der Waals surface area contributed by atoms with Crippen LogP contribution in [0.2, 0.25) is 0 Å². The first-order valence-corrected chi connectivity index (χ1v) is 7.81. The number of allylic oxidation sites excluding steroid dienone is 6. The van der Waals surface area contributed by atoms with Crippen molar-refractivity contribution < 1.29 is 14.6 Å². The molecule has 0 bridgehead atoms. The minimum Gasteiger partial charge on any atom is -0.455 e. The maximum Gasteiger partial charge on any atom is 0.333 e. The van der Waals surface area contributed by atoms with Gasteiger partial charge in [0, 0.05) is 12.0 Å². The van der Waals surface area contributed by atoms with Gasteiger partial charge in [-0.3, -0.25) is 0 Å². The average molecular weight is 318 g/mol. The van der Waals surface area contributed by atoms with Gasteiger partial charge in [-0.15, -0.1) is 0 Å². The van der Waals surface area contributed by atoms with Crippen molar-refractivity contribution in [2.45, 2.75) is 59.7 Å². The largest absolute Gasteiger partial charge is 0.455 e. The van der Waals surface area contributed by atoms with E-state index in [1.54, 1.807) is 45.1 Å². The van der Waals surface area contributed by atoms with Gasteiger partial charge in [0.25, 0.3) is 0 Å². The molecule has 0 fully saturated rings. The Balaban J connectivity index is 5.11. The molecule has 0 radical (unpaired) electrons. The monoisotopic (exact) mass is 318 g/mol. The fourth-order valence-electron chi connectivity index (χ4n) is 1.81. The molecular weight excluding hydrogens is 288 g/mol. The topological polar surface area (TPSA) is 46.5 Å². The molecule has 0 amide bonds. The highest BCUT2D eigenvalue weighted by Gasteiger charge is 2.24. The second kappa shape index (κ2) is 10.0. The highest BCUT2D eigenvalue weighted by atomic mass is 16.5. The van der Waals surface area contributed by atoms with Gasteiger partial charge in [0.05, 0.1) is 5.60 Å². The van der Waals surface area contributed by atoms with E-state index in [2.05, 4.69) is 6.58 Å². The number of esters is 1. The van der Waals surface area contributed by atoms with Crippen LogP contribution in [0.25, 0.3) is 0 Å². The standard InChI is InChI=1S/C20H30O3/c1-8-16(5)11-10-12-20(7,22)14-18(13-15(3)4)23-19(21)17(6)9-2/h8-13,18,22H,1,14H2,2-7H3/b12-10+,16-11-,17-9-/t18-,20-/m1/s1.